The number of hydrogen-bond acceptors (Lipinski definition) is 7. The maximum Gasteiger partial charge on any atom is 0.472 e. The predicted molar refractivity (Wildman–Crippen MR) is 427 cm³/mol. The summed E-state index contributed by atoms with van der Waals surface area (Å²) in [6.45, 7) is 4.36. The first-order valence-corrected chi connectivity index (χ1v) is 43.1. The number of quaternary nitrogens is 1. The fraction of sp³-hybridized carbons (Fsp3) is 0.773. The lowest BCUT2D eigenvalue weighted by atomic mass is 10.0. The second-order valence-electron chi connectivity index (χ2n) is 29.1. The van der Waals surface area contributed by atoms with Gasteiger partial charge in [0, 0.05) is 12.8 Å². The van der Waals surface area contributed by atoms with Gasteiger partial charge in [0.2, 0.25) is 0 Å². The van der Waals surface area contributed by atoms with Crippen LogP contribution >= 0.6 is 7.82 Å². The molecule has 0 aliphatic carbocycles. The molecule has 2 atom stereocenters. The van der Waals surface area contributed by atoms with Crippen LogP contribution < -0.4 is 0 Å². The lowest BCUT2D eigenvalue weighted by Crippen LogP contribution is -2.37. The summed E-state index contributed by atoms with van der Waals surface area (Å²) in [5.41, 5.74) is 0. The van der Waals surface area contributed by atoms with Gasteiger partial charge < -0.3 is 18.9 Å². The first-order chi connectivity index (χ1) is 48.0. The Kier molecular flexibility index (Phi) is 75.2. The molecule has 0 aliphatic rings. The summed E-state index contributed by atoms with van der Waals surface area (Å²) < 4.78 is 34.9. The lowest BCUT2D eigenvalue weighted by Gasteiger charge is -2.24. The van der Waals surface area contributed by atoms with E-state index in [1.807, 2.05) is 21.1 Å². The Labute approximate surface area is 607 Å². The van der Waals surface area contributed by atoms with Crippen molar-refractivity contribution in [2.24, 2.45) is 0 Å². The van der Waals surface area contributed by atoms with Gasteiger partial charge in [-0.2, -0.15) is 0 Å². The molecule has 568 valence electrons. The van der Waals surface area contributed by atoms with Gasteiger partial charge in [-0.25, -0.2) is 4.57 Å². The summed E-state index contributed by atoms with van der Waals surface area (Å²) in [6, 6.07) is 0. The number of esters is 2. The van der Waals surface area contributed by atoms with E-state index in [1.165, 1.54) is 270 Å². The molecular formula is C88H159NO8P+. The normalized spacial score (nSPS) is 13.6. The zero-order chi connectivity index (χ0) is 71.1. The Morgan fingerprint density at radius 3 is 0.867 bits per heavy atom. The highest BCUT2D eigenvalue weighted by molar-refractivity contribution is 7.47. The van der Waals surface area contributed by atoms with E-state index in [0.717, 1.165) is 83.5 Å². The SMILES string of the molecule is CC/C=C\C/C=C\C/C=C\C/C=C\C/C=C\C/C=C\CCCCCCCCCCCCCCCCCCC(=O)OC(COC(=O)CCCCCCCCCCCCCCCCCCCCCCCCCC/C=C\C/C=C\C/C=C\CCCCCCC)COP(=O)(O)OCC[N+](C)(C)C. The van der Waals surface area contributed by atoms with Crippen molar-refractivity contribution in [3.05, 3.63) is 109 Å². The minimum Gasteiger partial charge on any atom is -0.462 e. The first-order valence-electron chi connectivity index (χ1n) is 41.6. The van der Waals surface area contributed by atoms with Crippen LogP contribution in [-0.2, 0) is 32.7 Å². The van der Waals surface area contributed by atoms with Crippen LogP contribution in [0.3, 0.4) is 0 Å². The second kappa shape index (κ2) is 77.8. The van der Waals surface area contributed by atoms with E-state index in [1.54, 1.807) is 0 Å². The quantitative estimate of drug-likeness (QED) is 0.0211. The number of phosphoric ester groups is 1. The summed E-state index contributed by atoms with van der Waals surface area (Å²) in [7, 11) is 1.49. The first kappa shape index (κ1) is 94.7. The molecule has 0 aromatic heterocycles. The minimum atomic E-state index is -4.40. The van der Waals surface area contributed by atoms with E-state index in [0.29, 0.717) is 23.9 Å². The molecule has 0 aliphatic heterocycles. The van der Waals surface area contributed by atoms with E-state index >= 15 is 0 Å². The molecule has 0 aromatic rings. The number of allylic oxidation sites excluding steroid dienone is 18. The molecular weight excluding hydrogens is 1230 g/mol. The third-order valence-electron chi connectivity index (χ3n) is 18.3. The van der Waals surface area contributed by atoms with Gasteiger partial charge in [-0.3, -0.25) is 18.6 Å². The number of ether oxygens (including phenoxy) is 2. The summed E-state index contributed by atoms with van der Waals surface area (Å²) in [5, 5.41) is 0. The standard InChI is InChI=1S/C88H158NO8P/c1-6-8-10-12-14-16-18-20-22-24-26-28-30-32-34-36-38-40-42-43-44-45-47-48-50-52-54-56-58-60-62-64-66-68-70-72-74-76-78-80-87(90)94-84-86(85-96-98(92,93)95-83-82-89(3,4)5)97-88(91)81-79-77-75-73-71-69-67-65-63-61-59-57-55-53-51-49-46-41-39-37-35-33-31-29-27-25-23-21-19-17-15-13-11-9-7-2/h9,11,15,17-18,20-21,23-24,26-27,29-30,32-33,35,39,41,86H,6-8,10,12-14,16,19,22,25,28,31,34,36-38,40,42-85H2,1-5H3/p+1/b11-9-,17-15-,20-18-,23-21-,26-24-,29-27-,32-30-,35-33-,41-39-. The molecule has 0 radical (unpaired) electrons. The van der Waals surface area contributed by atoms with E-state index in [4.69, 9.17) is 18.5 Å². The van der Waals surface area contributed by atoms with Gasteiger partial charge in [-0.05, 0) is 103 Å². The van der Waals surface area contributed by atoms with Crippen molar-refractivity contribution >= 4 is 19.8 Å². The number of carbonyl (C=O) groups excluding carboxylic acids is 2. The van der Waals surface area contributed by atoms with Gasteiger partial charge in [0.15, 0.2) is 6.10 Å². The summed E-state index contributed by atoms with van der Waals surface area (Å²) in [4.78, 5) is 36.0. The summed E-state index contributed by atoms with van der Waals surface area (Å²) >= 11 is 0. The Morgan fingerprint density at radius 2 is 0.582 bits per heavy atom. The highest BCUT2D eigenvalue weighted by atomic mass is 31.2. The Bertz CT molecular complexity index is 2030. The Hall–Kier alpha value is -3.33. The summed E-state index contributed by atoms with van der Waals surface area (Å²) in [5.74, 6) is -0.782. The number of hydrogen-bond donors (Lipinski definition) is 1. The molecule has 10 heteroatoms. The van der Waals surface area contributed by atoms with Crippen LogP contribution in [-0.4, -0.2) is 74.9 Å². The second-order valence-corrected chi connectivity index (χ2v) is 30.6. The van der Waals surface area contributed by atoms with E-state index in [-0.39, 0.29) is 25.6 Å². The topological polar surface area (TPSA) is 108 Å². The van der Waals surface area contributed by atoms with Gasteiger partial charge in [0.1, 0.15) is 19.8 Å². The molecule has 0 aromatic carbocycles. The van der Waals surface area contributed by atoms with Crippen LogP contribution in [0.5, 0.6) is 0 Å². The van der Waals surface area contributed by atoms with E-state index in [2.05, 4.69) is 123 Å². The highest BCUT2D eigenvalue weighted by Gasteiger charge is 2.27. The molecule has 0 fully saturated rings. The minimum absolute atomic E-state index is 0.0308. The van der Waals surface area contributed by atoms with Crippen molar-refractivity contribution in [3.8, 4) is 0 Å². The number of phosphoric acid groups is 1. The van der Waals surface area contributed by atoms with Crippen molar-refractivity contribution in [1.29, 1.82) is 0 Å². The molecule has 0 heterocycles. The van der Waals surface area contributed by atoms with Crippen molar-refractivity contribution < 1.29 is 42.1 Å². The van der Waals surface area contributed by atoms with E-state index < -0.39 is 26.5 Å². The Morgan fingerprint density at radius 1 is 0.327 bits per heavy atom. The van der Waals surface area contributed by atoms with Crippen LogP contribution in [0.4, 0.5) is 0 Å². The van der Waals surface area contributed by atoms with Gasteiger partial charge in [-0.1, -0.05) is 380 Å². The van der Waals surface area contributed by atoms with Gasteiger partial charge in [0.25, 0.3) is 0 Å². The molecule has 0 spiro atoms. The van der Waals surface area contributed by atoms with Crippen molar-refractivity contribution in [3.63, 3.8) is 0 Å². The molecule has 1 N–H and O–H groups in total. The number of rotatable bonds is 77. The molecule has 9 nitrogen and oxygen atoms in total. The average Bonchev–Trinajstić information content (AvgIpc) is 1.08. The van der Waals surface area contributed by atoms with Crippen LogP contribution in [0.25, 0.3) is 0 Å². The fourth-order valence-electron chi connectivity index (χ4n) is 12.0. The molecule has 0 bridgehead atoms. The highest BCUT2D eigenvalue weighted by Crippen LogP contribution is 2.43. The van der Waals surface area contributed by atoms with E-state index in [9.17, 15) is 19.0 Å². The van der Waals surface area contributed by atoms with Gasteiger partial charge in [0.05, 0.1) is 27.7 Å². The third kappa shape index (κ3) is 81.6. The van der Waals surface area contributed by atoms with Gasteiger partial charge in [-0.15, -0.1) is 0 Å². The zero-order valence-electron chi connectivity index (χ0n) is 65.0. The molecule has 0 saturated carbocycles. The Balaban J connectivity index is 3.92. The third-order valence-corrected chi connectivity index (χ3v) is 19.3. The molecule has 0 rings (SSSR count). The number of likely N-dealkylation sites (N-methyl/N-ethyl adjacent to an activating group) is 1. The van der Waals surface area contributed by atoms with Crippen molar-refractivity contribution in [2.45, 2.75) is 392 Å². The van der Waals surface area contributed by atoms with Gasteiger partial charge >= 0.3 is 19.8 Å². The number of carbonyl (C=O) groups is 2. The number of nitrogens with zero attached hydrogens (tertiary/aromatic N) is 1. The van der Waals surface area contributed by atoms with Crippen LogP contribution in [0, 0.1) is 0 Å². The predicted octanol–water partition coefficient (Wildman–Crippen LogP) is 28.0. The maximum absolute atomic E-state index is 12.9. The largest absolute Gasteiger partial charge is 0.472 e. The molecule has 2 unspecified atom stereocenters. The zero-order valence-corrected chi connectivity index (χ0v) is 65.9. The van der Waals surface area contributed by atoms with Crippen LogP contribution in [0.15, 0.2) is 109 Å². The monoisotopic (exact) mass is 1390 g/mol. The molecule has 0 saturated heterocycles. The fourth-order valence-corrected chi connectivity index (χ4v) is 12.7. The number of unbranched alkanes of at least 4 members (excludes halogenated alkanes) is 45. The molecule has 98 heavy (non-hydrogen) atoms. The smallest absolute Gasteiger partial charge is 0.462 e. The van der Waals surface area contributed by atoms with Crippen LogP contribution in [0.1, 0.15) is 386 Å². The van der Waals surface area contributed by atoms with Crippen LogP contribution in [0.2, 0.25) is 0 Å². The average molecular weight is 1390 g/mol. The van der Waals surface area contributed by atoms with Crippen molar-refractivity contribution in [1.82, 2.24) is 0 Å². The van der Waals surface area contributed by atoms with Crippen molar-refractivity contribution in [2.75, 3.05) is 47.5 Å². The lowest BCUT2D eigenvalue weighted by molar-refractivity contribution is -0.870. The summed E-state index contributed by atoms with van der Waals surface area (Å²) in [6.07, 6.45) is 111. The maximum atomic E-state index is 12.9. The molecule has 0 amide bonds.